The first-order valence-electron chi connectivity index (χ1n) is 7.73. The van der Waals surface area contributed by atoms with Crippen LogP contribution in [-0.4, -0.2) is 27.4 Å². The number of nitrogens with zero attached hydrogens (tertiary/aromatic N) is 1. The van der Waals surface area contributed by atoms with E-state index >= 15 is 0 Å². The van der Waals surface area contributed by atoms with Crippen LogP contribution in [0.3, 0.4) is 0 Å². The van der Waals surface area contributed by atoms with Crippen molar-refractivity contribution in [2.45, 2.75) is 50.5 Å². The molecule has 0 bridgehead atoms. The molecule has 116 valence electrons. The molecule has 0 radical (unpaired) electrons. The van der Waals surface area contributed by atoms with Crippen molar-refractivity contribution in [2.24, 2.45) is 5.92 Å². The largest absolute Gasteiger partial charge is 0.355 e. The van der Waals surface area contributed by atoms with E-state index in [1.54, 1.807) is 12.3 Å². The SMILES string of the molecule is Cc1ccc([S@@](=O)CC(=O)NCCC2CCCCC2)nc1. The minimum absolute atomic E-state index is 0.000722. The lowest BCUT2D eigenvalue weighted by atomic mass is 9.87. The van der Waals surface area contributed by atoms with Crippen LogP contribution in [0.2, 0.25) is 0 Å². The number of carbonyl (C=O) groups excluding carboxylic acids is 1. The molecule has 5 heteroatoms. The van der Waals surface area contributed by atoms with Gasteiger partial charge in [0.05, 0.1) is 10.8 Å². The standard InChI is InChI=1S/C16H24N2O2S/c1-13-7-8-16(18-11-13)21(20)12-15(19)17-10-9-14-5-3-2-4-6-14/h7-8,11,14H,2-6,9-10,12H2,1H3,(H,17,19)/t21-/m0/s1. The monoisotopic (exact) mass is 308 g/mol. The lowest BCUT2D eigenvalue weighted by Gasteiger charge is -2.21. The average molecular weight is 308 g/mol. The van der Waals surface area contributed by atoms with Gasteiger partial charge in [-0.3, -0.25) is 9.00 Å². The van der Waals surface area contributed by atoms with Crippen LogP contribution < -0.4 is 5.32 Å². The van der Waals surface area contributed by atoms with Gasteiger partial charge >= 0.3 is 0 Å². The van der Waals surface area contributed by atoms with E-state index in [1.165, 1.54) is 32.1 Å². The summed E-state index contributed by atoms with van der Waals surface area (Å²) in [4.78, 5) is 15.9. The maximum absolute atomic E-state index is 12.0. The second kappa shape index (κ2) is 8.27. The first-order chi connectivity index (χ1) is 10.1. The third kappa shape index (κ3) is 5.58. The molecule has 1 fully saturated rings. The van der Waals surface area contributed by atoms with Crippen molar-refractivity contribution >= 4 is 16.7 Å². The topological polar surface area (TPSA) is 59.1 Å². The van der Waals surface area contributed by atoms with Crippen molar-refractivity contribution in [1.29, 1.82) is 0 Å². The molecule has 1 saturated carbocycles. The van der Waals surface area contributed by atoms with Gasteiger partial charge in [-0.15, -0.1) is 0 Å². The number of aromatic nitrogens is 1. The summed E-state index contributed by atoms with van der Waals surface area (Å²) in [5.41, 5.74) is 1.02. The molecule has 0 spiro atoms. The second-order valence-corrected chi connectivity index (χ2v) is 7.20. The van der Waals surface area contributed by atoms with Crippen molar-refractivity contribution in [2.75, 3.05) is 12.3 Å². The number of amides is 1. The van der Waals surface area contributed by atoms with Gasteiger partial charge in [0.1, 0.15) is 10.8 Å². The Kier molecular flexibility index (Phi) is 6.36. The third-order valence-corrected chi connectivity index (χ3v) is 5.21. The molecule has 2 rings (SSSR count). The lowest BCUT2D eigenvalue weighted by Crippen LogP contribution is -2.30. The van der Waals surface area contributed by atoms with Crippen LogP contribution >= 0.6 is 0 Å². The minimum Gasteiger partial charge on any atom is -0.355 e. The van der Waals surface area contributed by atoms with E-state index in [9.17, 15) is 9.00 Å². The van der Waals surface area contributed by atoms with Gasteiger partial charge in [0.15, 0.2) is 0 Å². The molecule has 4 nitrogen and oxygen atoms in total. The van der Waals surface area contributed by atoms with Crippen LogP contribution in [0.1, 0.15) is 44.1 Å². The fraction of sp³-hybridized carbons (Fsp3) is 0.625. The summed E-state index contributed by atoms with van der Waals surface area (Å²) < 4.78 is 12.0. The van der Waals surface area contributed by atoms with Crippen LogP contribution in [0.5, 0.6) is 0 Å². The van der Waals surface area contributed by atoms with E-state index in [4.69, 9.17) is 0 Å². The third-order valence-electron chi connectivity index (χ3n) is 3.98. The Morgan fingerprint density at radius 1 is 1.33 bits per heavy atom. The molecule has 1 amide bonds. The number of aryl methyl sites for hydroxylation is 1. The molecule has 1 aliphatic rings. The number of nitrogens with one attached hydrogen (secondary N) is 1. The zero-order valence-corrected chi connectivity index (χ0v) is 13.5. The molecule has 1 atom stereocenters. The maximum atomic E-state index is 12.0. The molecule has 21 heavy (non-hydrogen) atoms. The van der Waals surface area contributed by atoms with Crippen LogP contribution in [0.4, 0.5) is 0 Å². The Morgan fingerprint density at radius 3 is 2.76 bits per heavy atom. The van der Waals surface area contributed by atoms with E-state index in [2.05, 4.69) is 10.3 Å². The summed E-state index contributed by atoms with van der Waals surface area (Å²) in [6.45, 7) is 2.62. The fourth-order valence-electron chi connectivity index (χ4n) is 2.72. The number of rotatable bonds is 6. The first kappa shape index (κ1) is 16.1. The highest BCUT2D eigenvalue weighted by molar-refractivity contribution is 7.85. The van der Waals surface area contributed by atoms with Crippen molar-refractivity contribution in [3.63, 3.8) is 0 Å². The van der Waals surface area contributed by atoms with Crippen LogP contribution in [0.25, 0.3) is 0 Å². The van der Waals surface area contributed by atoms with E-state index in [-0.39, 0.29) is 11.7 Å². The summed E-state index contributed by atoms with van der Waals surface area (Å²) >= 11 is 0. The summed E-state index contributed by atoms with van der Waals surface area (Å²) in [6, 6.07) is 3.59. The number of pyridine rings is 1. The van der Waals surface area contributed by atoms with Crippen molar-refractivity contribution in [3.8, 4) is 0 Å². The Labute approximate surface area is 129 Å². The summed E-state index contributed by atoms with van der Waals surface area (Å²) in [7, 11) is -1.35. The van der Waals surface area contributed by atoms with Gasteiger partial charge in [-0.2, -0.15) is 0 Å². The Balaban J connectivity index is 1.68. The molecule has 1 N–H and O–H groups in total. The predicted octanol–water partition coefficient (Wildman–Crippen LogP) is 2.58. The molecule has 1 aromatic heterocycles. The summed E-state index contributed by atoms with van der Waals surface area (Å²) in [5, 5.41) is 3.36. The predicted molar refractivity (Wildman–Crippen MR) is 84.5 cm³/mol. The van der Waals surface area contributed by atoms with Gasteiger partial charge in [0.2, 0.25) is 5.91 Å². The van der Waals surface area contributed by atoms with Gasteiger partial charge in [-0.25, -0.2) is 4.98 Å². The smallest absolute Gasteiger partial charge is 0.233 e. The molecule has 0 saturated heterocycles. The second-order valence-electron chi connectivity index (χ2n) is 5.81. The average Bonchev–Trinajstić information content (AvgIpc) is 2.49. The Morgan fingerprint density at radius 2 is 2.10 bits per heavy atom. The fourth-order valence-corrected chi connectivity index (χ4v) is 3.60. The number of hydrogen-bond donors (Lipinski definition) is 1. The first-order valence-corrected chi connectivity index (χ1v) is 9.05. The number of hydrogen-bond acceptors (Lipinski definition) is 3. The summed E-state index contributed by atoms with van der Waals surface area (Å²) in [6.07, 6.45) is 9.29. The molecule has 0 unspecified atom stereocenters. The van der Waals surface area contributed by atoms with Gasteiger partial charge in [0, 0.05) is 12.7 Å². The van der Waals surface area contributed by atoms with Gasteiger partial charge in [0.25, 0.3) is 0 Å². The molecule has 0 aromatic carbocycles. The molecule has 1 heterocycles. The van der Waals surface area contributed by atoms with Crippen molar-refractivity contribution in [1.82, 2.24) is 10.3 Å². The summed E-state index contributed by atoms with van der Waals surface area (Å²) in [5.74, 6) is 0.607. The lowest BCUT2D eigenvalue weighted by molar-refractivity contribution is -0.118. The maximum Gasteiger partial charge on any atom is 0.233 e. The molecule has 1 aliphatic carbocycles. The highest BCUT2D eigenvalue weighted by Crippen LogP contribution is 2.25. The Hall–Kier alpha value is -1.23. The van der Waals surface area contributed by atoms with Crippen molar-refractivity contribution in [3.05, 3.63) is 23.9 Å². The van der Waals surface area contributed by atoms with E-state index in [0.29, 0.717) is 11.6 Å². The minimum atomic E-state index is -1.35. The normalized spacial score (nSPS) is 17.4. The molecule has 0 aliphatic heterocycles. The van der Waals surface area contributed by atoms with Crippen LogP contribution in [0, 0.1) is 12.8 Å². The molecule has 1 aromatic rings. The van der Waals surface area contributed by atoms with Gasteiger partial charge in [-0.05, 0) is 30.9 Å². The van der Waals surface area contributed by atoms with E-state index in [1.807, 2.05) is 13.0 Å². The zero-order valence-electron chi connectivity index (χ0n) is 12.6. The molecular weight excluding hydrogens is 284 g/mol. The zero-order chi connectivity index (χ0) is 15.1. The molecular formula is C16H24N2O2S. The van der Waals surface area contributed by atoms with Gasteiger partial charge < -0.3 is 5.32 Å². The van der Waals surface area contributed by atoms with E-state index < -0.39 is 10.8 Å². The van der Waals surface area contributed by atoms with Crippen LogP contribution in [0.15, 0.2) is 23.4 Å². The highest BCUT2D eigenvalue weighted by atomic mass is 32.2. The highest BCUT2D eigenvalue weighted by Gasteiger charge is 2.14. The van der Waals surface area contributed by atoms with Crippen LogP contribution in [-0.2, 0) is 15.6 Å². The quantitative estimate of drug-likeness (QED) is 0.878. The van der Waals surface area contributed by atoms with Gasteiger partial charge in [-0.1, -0.05) is 38.2 Å². The van der Waals surface area contributed by atoms with E-state index in [0.717, 1.165) is 17.9 Å². The Bertz CT molecular complexity index is 482. The number of carbonyl (C=O) groups is 1. The van der Waals surface area contributed by atoms with Crippen molar-refractivity contribution < 1.29 is 9.00 Å².